The minimum absolute atomic E-state index is 0.120. The topological polar surface area (TPSA) is 97.6 Å². The molecule has 0 aromatic heterocycles. The number of nitriles is 1. The lowest BCUT2D eigenvalue weighted by atomic mass is 10.1. The Kier molecular flexibility index (Phi) is 8.27. The number of carbonyl (C=O) groups is 2. The van der Waals surface area contributed by atoms with Crippen LogP contribution in [0.3, 0.4) is 0 Å². The Morgan fingerprint density at radius 3 is 2.47 bits per heavy atom. The van der Waals surface area contributed by atoms with Crippen LogP contribution in [0.5, 0.6) is 17.2 Å². The van der Waals surface area contributed by atoms with Gasteiger partial charge in [-0.05, 0) is 73.2 Å². The average Bonchev–Trinajstić information content (AvgIpc) is 2.84. The molecule has 0 bridgehead atoms. The summed E-state index contributed by atoms with van der Waals surface area (Å²) in [7, 11) is 1.54. The van der Waals surface area contributed by atoms with Crippen molar-refractivity contribution in [3.63, 3.8) is 0 Å². The highest BCUT2D eigenvalue weighted by molar-refractivity contribution is 6.31. The summed E-state index contributed by atoms with van der Waals surface area (Å²) in [5.74, 6) is -0.0222. The van der Waals surface area contributed by atoms with Crippen molar-refractivity contribution in [2.75, 3.05) is 19.0 Å². The maximum Gasteiger partial charge on any atom is 0.343 e. The number of carbonyl (C=O) groups excluding carboxylic acids is 2. The van der Waals surface area contributed by atoms with E-state index in [1.165, 1.54) is 13.2 Å². The maximum atomic E-state index is 12.5. The molecule has 0 unspecified atom stereocenters. The summed E-state index contributed by atoms with van der Waals surface area (Å²) >= 11 is 5.94. The van der Waals surface area contributed by atoms with Crippen molar-refractivity contribution in [3.05, 3.63) is 88.5 Å². The molecule has 0 saturated heterocycles. The van der Waals surface area contributed by atoms with Gasteiger partial charge in [0.15, 0.2) is 11.5 Å². The SMILES string of the molecule is CCOc1cc(/C=C(\C#N)C(=O)Nc2cccc(Cl)c2)ccc1OC(=O)c1ccc(OC)cc1. The van der Waals surface area contributed by atoms with Crippen LogP contribution in [0.4, 0.5) is 5.69 Å². The van der Waals surface area contributed by atoms with Gasteiger partial charge in [-0.1, -0.05) is 23.7 Å². The largest absolute Gasteiger partial charge is 0.497 e. The molecule has 1 N–H and O–H groups in total. The Labute approximate surface area is 202 Å². The Balaban J connectivity index is 1.81. The fourth-order valence-electron chi connectivity index (χ4n) is 2.93. The van der Waals surface area contributed by atoms with Gasteiger partial charge in [0.1, 0.15) is 17.4 Å². The molecule has 0 aliphatic carbocycles. The molecule has 3 rings (SSSR count). The molecule has 0 fully saturated rings. The lowest BCUT2D eigenvalue weighted by Gasteiger charge is -2.12. The number of anilines is 1. The smallest absolute Gasteiger partial charge is 0.343 e. The van der Waals surface area contributed by atoms with Crippen LogP contribution in [0, 0.1) is 11.3 Å². The lowest BCUT2D eigenvalue weighted by molar-refractivity contribution is -0.112. The maximum absolute atomic E-state index is 12.5. The zero-order chi connectivity index (χ0) is 24.5. The first kappa shape index (κ1) is 24.4. The van der Waals surface area contributed by atoms with Crippen molar-refractivity contribution in [3.8, 4) is 23.3 Å². The zero-order valence-electron chi connectivity index (χ0n) is 18.5. The van der Waals surface area contributed by atoms with Crippen LogP contribution in [-0.2, 0) is 4.79 Å². The summed E-state index contributed by atoms with van der Waals surface area (Å²) < 4.78 is 16.2. The van der Waals surface area contributed by atoms with Crippen molar-refractivity contribution in [2.45, 2.75) is 6.92 Å². The van der Waals surface area contributed by atoms with Crippen molar-refractivity contribution in [2.24, 2.45) is 0 Å². The van der Waals surface area contributed by atoms with Gasteiger partial charge in [0.05, 0.1) is 19.3 Å². The second-order valence-electron chi connectivity index (χ2n) is 6.89. The van der Waals surface area contributed by atoms with Gasteiger partial charge in [-0.2, -0.15) is 5.26 Å². The van der Waals surface area contributed by atoms with Crippen LogP contribution in [0.1, 0.15) is 22.8 Å². The van der Waals surface area contributed by atoms with E-state index in [0.717, 1.165) is 0 Å². The van der Waals surface area contributed by atoms with Crippen LogP contribution in [0.25, 0.3) is 6.08 Å². The summed E-state index contributed by atoms with van der Waals surface area (Å²) in [6.45, 7) is 2.11. The fourth-order valence-corrected chi connectivity index (χ4v) is 3.12. The van der Waals surface area contributed by atoms with E-state index in [1.807, 2.05) is 6.07 Å². The lowest BCUT2D eigenvalue weighted by Crippen LogP contribution is -2.13. The van der Waals surface area contributed by atoms with Crippen LogP contribution in [0.2, 0.25) is 5.02 Å². The van der Waals surface area contributed by atoms with E-state index >= 15 is 0 Å². The number of hydrogen-bond donors (Lipinski definition) is 1. The molecule has 8 heteroatoms. The molecule has 0 saturated carbocycles. The summed E-state index contributed by atoms with van der Waals surface area (Å²) in [5.41, 5.74) is 1.21. The molecule has 0 aliphatic heterocycles. The van der Waals surface area contributed by atoms with Gasteiger partial charge < -0.3 is 19.5 Å². The number of nitrogens with zero attached hydrogens (tertiary/aromatic N) is 1. The van der Waals surface area contributed by atoms with Gasteiger partial charge in [0.2, 0.25) is 0 Å². The molecule has 3 aromatic carbocycles. The standard InChI is InChI=1S/C26H21ClN2O5/c1-3-33-24-14-17(13-19(16-28)25(30)29-21-6-4-5-20(27)15-21)7-12-23(24)34-26(31)18-8-10-22(32-2)11-9-18/h4-15H,3H2,1-2H3,(H,29,30)/b19-13+. The Bertz CT molecular complexity index is 1260. The predicted molar refractivity (Wildman–Crippen MR) is 129 cm³/mol. The van der Waals surface area contributed by atoms with E-state index in [0.29, 0.717) is 39.9 Å². The molecule has 0 atom stereocenters. The highest BCUT2D eigenvalue weighted by Gasteiger charge is 2.15. The molecule has 0 heterocycles. The van der Waals surface area contributed by atoms with E-state index in [2.05, 4.69) is 5.32 Å². The zero-order valence-corrected chi connectivity index (χ0v) is 19.3. The molecule has 7 nitrogen and oxygen atoms in total. The molecule has 172 valence electrons. The first-order valence-corrected chi connectivity index (χ1v) is 10.6. The molecule has 3 aromatic rings. The third-order valence-corrected chi connectivity index (χ3v) is 4.79. The van der Waals surface area contributed by atoms with Gasteiger partial charge in [-0.15, -0.1) is 0 Å². The van der Waals surface area contributed by atoms with Crippen LogP contribution in [0.15, 0.2) is 72.3 Å². The van der Waals surface area contributed by atoms with Crippen molar-refractivity contribution >= 4 is 35.2 Å². The van der Waals surface area contributed by atoms with E-state index < -0.39 is 11.9 Å². The molecule has 0 aliphatic rings. The second-order valence-corrected chi connectivity index (χ2v) is 7.33. The Morgan fingerprint density at radius 2 is 1.82 bits per heavy atom. The molecule has 0 spiro atoms. The quantitative estimate of drug-likeness (QED) is 0.199. The predicted octanol–water partition coefficient (Wildman–Crippen LogP) is 5.51. The van der Waals surface area contributed by atoms with E-state index in [4.69, 9.17) is 25.8 Å². The Hall–Kier alpha value is -4.28. The number of esters is 1. The number of hydrogen-bond acceptors (Lipinski definition) is 6. The van der Waals surface area contributed by atoms with Crippen LogP contribution in [-0.4, -0.2) is 25.6 Å². The number of rotatable bonds is 8. The number of methoxy groups -OCH3 is 1. The molecule has 34 heavy (non-hydrogen) atoms. The van der Waals surface area contributed by atoms with Crippen molar-refractivity contribution in [1.29, 1.82) is 5.26 Å². The number of benzene rings is 3. The molecular formula is C26H21ClN2O5. The minimum Gasteiger partial charge on any atom is -0.497 e. The van der Waals surface area contributed by atoms with Gasteiger partial charge in [-0.25, -0.2) is 4.79 Å². The van der Waals surface area contributed by atoms with E-state index in [-0.39, 0.29) is 11.3 Å². The average molecular weight is 477 g/mol. The van der Waals surface area contributed by atoms with Crippen molar-refractivity contribution < 1.29 is 23.8 Å². The third-order valence-electron chi connectivity index (χ3n) is 4.55. The number of ether oxygens (including phenoxy) is 3. The highest BCUT2D eigenvalue weighted by atomic mass is 35.5. The molecular weight excluding hydrogens is 456 g/mol. The molecule has 1 amide bonds. The number of amides is 1. The normalized spacial score (nSPS) is 10.7. The van der Waals surface area contributed by atoms with E-state index in [9.17, 15) is 14.9 Å². The van der Waals surface area contributed by atoms with Gasteiger partial charge in [0.25, 0.3) is 5.91 Å². The Morgan fingerprint density at radius 1 is 1.06 bits per heavy atom. The number of nitrogens with one attached hydrogen (secondary N) is 1. The monoisotopic (exact) mass is 476 g/mol. The first-order chi connectivity index (χ1) is 16.4. The minimum atomic E-state index is -0.585. The van der Waals surface area contributed by atoms with Gasteiger partial charge in [0, 0.05) is 10.7 Å². The fraction of sp³-hybridized carbons (Fsp3) is 0.115. The summed E-state index contributed by atoms with van der Waals surface area (Å²) in [5, 5.41) is 12.6. The summed E-state index contributed by atoms with van der Waals surface area (Å²) in [6, 6.07) is 19.8. The first-order valence-electron chi connectivity index (χ1n) is 10.2. The van der Waals surface area contributed by atoms with Gasteiger partial charge in [-0.3, -0.25) is 4.79 Å². The van der Waals surface area contributed by atoms with E-state index in [1.54, 1.807) is 73.7 Å². The van der Waals surface area contributed by atoms with Crippen molar-refractivity contribution in [1.82, 2.24) is 0 Å². The number of halogens is 1. The third kappa shape index (κ3) is 6.37. The summed E-state index contributed by atoms with van der Waals surface area (Å²) in [4.78, 5) is 25.1. The summed E-state index contributed by atoms with van der Waals surface area (Å²) in [6.07, 6.45) is 1.41. The van der Waals surface area contributed by atoms with Gasteiger partial charge >= 0.3 is 5.97 Å². The van der Waals surface area contributed by atoms with Crippen LogP contribution >= 0.6 is 11.6 Å². The van der Waals surface area contributed by atoms with Crippen LogP contribution < -0.4 is 19.5 Å². The highest BCUT2D eigenvalue weighted by Crippen LogP contribution is 2.30. The second kappa shape index (κ2) is 11.5. The molecule has 0 radical (unpaired) electrons.